The summed E-state index contributed by atoms with van der Waals surface area (Å²) in [6, 6.07) is -0.106. The van der Waals surface area contributed by atoms with E-state index in [2.05, 4.69) is 20.5 Å². The number of likely N-dealkylation sites (tertiary alicyclic amines) is 1. The molecule has 3 aromatic rings. The van der Waals surface area contributed by atoms with Crippen LogP contribution >= 0.6 is 0 Å². The maximum absolute atomic E-state index is 12.8. The highest BCUT2D eigenvalue weighted by atomic mass is 16.6. The van der Waals surface area contributed by atoms with Crippen molar-refractivity contribution in [2.24, 2.45) is 0 Å². The molecule has 1 aliphatic heterocycles. The summed E-state index contributed by atoms with van der Waals surface area (Å²) in [6.07, 6.45) is 5.36. The second kappa shape index (κ2) is 6.90. The number of carbonyl (C=O) groups is 1. The van der Waals surface area contributed by atoms with Gasteiger partial charge >= 0.3 is 0 Å². The zero-order valence-corrected chi connectivity index (χ0v) is 15.5. The summed E-state index contributed by atoms with van der Waals surface area (Å²) in [5.41, 5.74) is 4.31. The van der Waals surface area contributed by atoms with Crippen LogP contribution in [-0.4, -0.2) is 42.8 Å². The van der Waals surface area contributed by atoms with Crippen LogP contribution in [0.2, 0.25) is 0 Å². The lowest BCUT2D eigenvalue weighted by Gasteiger charge is -2.24. The molecule has 0 radical (unpaired) electrons. The molecule has 0 unspecified atom stereocenters. The van der Waals surface area contributed by atoms with E-state index in [1.807, 2.05) is 18.7 Å². The Morgan fingerprint density at radius 2 is 2.04 bits per heavy atom. The minimum absolute atomic E-state index is 0.0131. The van der Waals surface area contributed by atoms with Gasteiger partial charge in [-0.15, -0.1) is 0 Å². The smallest absolute Gasteiger partial charge is 0.229 e. The molecule has 4 heterocycles. The largest absolute Gasteiger partial charge is 0.361 e. The minimum atomic E-state index is -0.106. The van der Waals surface area contributed by atoms with Crippen molar-refractivity contribution in [1.82, 2.24) is 30.3 Å². The zero-order valence-electron chi connectivity index (χ0n) is 15.5. The van der Waals surface area contributed by atoms with Crippen molar-refractivity contribution in [3.63, 3.8) is 0 Å². The topological polar surface area (TPSA) is 111 Å². The van der Waals surface area contributed by atoms with Crippen molar-refractivity contribution in [3.8, 4) is 11.3 Å². The molecule has 1 saturated heterocycles. The molecule has 0 N–H and O–H groups in total. The highest BCUT2D eigenvalue weighted by Gasteiger charge is 2.32. The quantitative estimate of drug-likeness (QED) is 0.690. The number of aromatic nitrogens is 5. The molecule has 3 aromatic heterocycles. The molecular formula is C18H20N6O3. The molecule has 4 rings (SSSR count). The molecule has 1 aliphatic rings. The molecular weight excluding hydrogens is 348 g/mol. The number of aryl methyl sites for hydroxylation is 3. The Balaban J connectivity index is 1.60. The molecule has 9 heteroatoms. The summed E-state index contributed by atoms with van der Waals surface area (Å²) >= 11 is 0. The number of carbonyl (C=O) groups excluding carboxylic acids is 1. The molecule has 9 nitrogen and oxygen atoms in total. The van der Waals surface area contributed by atoms with Gasteiger partial charge in [0.25, 0.3) is 0 Å². The van der Waals surface area contributed by atoms with Crippen LogP contribution in [0.15, 0.2) is 21.5 Å². The molecule has 1 atom stereocenters. The third kappa shape index (κ3) is 3.20. The summed E-state index contributed by atoms with van der Waals surface area (Å²) in [6.45, 7) is 6.19. The van der Waals surface area contributed by atoms with Crippen molar-refractivity contribution in [3.05, 3.63) is 40.9 Å². The molecule has 0 aromatic carbocycles. The van der Waals surface area contributed by atoms with Gasteiger partial charge in [0.15, 0.2) is 0 Å². The summed E-state index contributed by atoms with van der Waals surface area (Å²) in [7, 11) is 0. The highest BCUT2D eigenvalue weighted by molar-refractivity contribution is 5.79. The Morgan fingerprint density at radius 1 is 1.19 bits per heavy atom. The van der Waals surface area contributed by atoms with E-state index in [0.29, 0.717) is 29.4 Å². The van der Waals surface area contributed by atoms with Crippen molar-refractivity contribution in [2.45, 2.75) is 46.1 Å². The normalized spacial score (nSPS) is 16.9. The first-order valence-corrected chi connectivity index (χ1v) is 8.87. The zero-order chi connectivity index (χ0) is 19.0. The molecule has 1 fully saturated rings. The first-order valence-electron chi connectivity index (χ1n) is 8.87. The molecule has 0 saturated carbocycles. The second-order valence-corrected chi connectivity index (χ2v) is 6.75. The maximum atomic E-state index is 12.8. The van der Waals surface area contributed by atoms with Gasteiger partial charge in [0.05, 0.1) is 47.5 Å². The average Bonchev–Trinajstić information content (AvgIpc) is 3.37. The van der Waals surface area contributed by atoms with E-state index in [1.165, 1.54) is 0 Å². The number of hydrogen-bond acceptors (Lipinski definition) is 8. The van der Waals surface area contributed by atoms with E-state index >= 15 is 0 Å². The standard InChI is InChI=1S/C18H20N6O3/c1-10-13(23-27-22-10)7-17(25)24-6-4-5-16(24)14-8-19-9-15(20-14)18-11(2)21-26-12(18)3/h8-9,16H,4-7H2,1-3H3/t16-/m1/s1. The predicted molar refractivity (Wildman–Crippen MR) is 93.4 cm³/mol. The van der Waals surface area contributed by atoms with Gasteiger partial charge in [-0.25, -0.2) is 9.61 Å². The van der Waals surface area contributed by atoms with Crippen LogP contribution in [0.4, 0.5) is 0 Å². The molecule has 0 aliphatic carbocycles. The van der Waals surface area contributed by atoms with Crippen LogP contribution in [0.25, 0.3) is 11.3 Å². The van der Waals surface area contributed by atoms with Gasteiger partial charge in [-0.3, -0.25) is 9.78 Å². The molecule has 27 heavy (non-hydrogen) atoms. The Hall–Kier alpha value is -3.10. The highest BCUT2D eigenvalue weighted by Crippen LogP contribution is 2.33. The lowest BCUT2D eigenvalue weighted by Crippen LogP contribution is -2.32. The monoisotopic (exact) mass is 368 g/mol. The van der Waals surface area contributed by atoms with Crippen LogP contribution in [0.5, 0.6) is 0 Å². The van der Waals surface area contributed by atoms with Gasteiger partial charge in [-0.2, -0.15) is 0 Å². The van der Waals surface area contributed by atoms with Crippen LogP contribution in [0.3, 0.4) is 0 Å². The fraction of sp³-hybridized carbons (Fsp3) is 0.444. The van der Waals surface area contributed by atoms with Crippen LogP contribution < -0.4 is 0 Å². The van der Waals surface area contributed by atoms with Gasteiger partial charge < -0.3 is 9.42 Å². The molecule has 140 valence electrons. The van der Waals surface area contributed by atoms with E-state index < -0.39 is 0 Å². The summed E-state index contributed by atoms with van der Waals surface area (Å²) in [4.78, 5) is 23.8. The SMILES string of the molecule is Cc1nonc1CC(=O)N1CCC[C@@H]1c1cncc(-c2c(C)noc2C)n1. The summed E-state index contributed by atoms with van der Waals surface area (Å²) < 4.78 is 9.93. The number of amides is 1. The maximum Gasteiger partial charge on any atom is 0.229 e. The molecule has 0 spiro atoms. The average molecular weight is 368 g/mol. The first kappa shape index (κ1) is 17.3. The van der Waals surface area contributed by atoms with E-state index in [4.69, 9.17) is 14.1 Å². The van der Waals surface area contributed by atoms with Gasteiger partial charge in [-0.05, 0) is 33.6 Å². The Morgan fingerprint density at radius 3 is 2.74 bits per heavy atom. The van der Waals surface area contributed by atoms with E-state index in [9.17, 15) is 4.79 Å². The lowest BCUT2D eigenvalue weighted by molar-refractivity contribution is -0.131. The van der Waals surface area contributed by atoms with E-state index in [1.54, 1.807) is 19.3 Å². The lowest BCUT2D eigenvalue weighted by atomic mass is 10.1. The minimum Gasteiger partial charge on any atom is -0.361 e. The van der Waals surface area contributed by atoms with Gasteiger partial charge in [0.1, 0.15) is 17.1 Å². The van der Waals surface area contributed by atoms with Crippen molar-refractivity contribution >= 4 is 5.91 Å². The summed E-state index contributed by atoms with van der Waals surface area (Å²) in [5, 5.41) is 11.5. The third-order valence-electron chi connectivity index (χ3n) is 4.92. The number of nitrogens with zero attached hydrogens (tertiary/aromatic N) is 6. The molecule has 1 amide bonds. The Kier molecular flexibility index (Phi) is 4.43. The van der Waals surface area contributed by atoms with Crippen molar-refractivity contribution in [2.75, 3.05) is 6.54 Å². The van der Waals surface area contributed by atoms with Gasteiger partial charge in [0, 0.05) is 6.54 Å². The van der Waals surface area contributed by atoms with Crippen molar-refractivity contribution in [1.29, 1.82) is 0 Å². The first-order chi connectivity index (χ1) is 13.0. The fourth-order valence-electron chi connectivity index (χ4n) is 3.54. The molecule has 0 bridgehead atoms. The third-order valence-corrected chi connectivity index (χ3v) is 4.92. The number of hydrogen-bond donors (Lipinski definition) is 0. The predicted octanol–water partition coefficient (Wildman–Crippen LogP) is 2.35. The van der Waals surface area contributed by atoms with E-state index in [-0.39, 0.29) is 18.4 Å². The fourth-order valence-corrected chi connectivity index (χ4v) is 3.54. The van der Waals surface area contributed by atoms with E-state index in [0.717, 1.165) is 29.8 Å². The Bertz CT molecular complexity index is 960. The summed E-state index contributed by atoms with van der Waals surface area (Å²) in [5.74, 6) is 0.688. The van der Waals surface area contributed by atoms with Crippen molar-refractivity contribution < 1.29 is 13.9 Å². The number of rotatable bonds is 4. The Labute approximate surface area is 155 Å². The van der Waals surface area contributed by atoms with Crippen LogP contribution in [0, 0.1) is 20.8 Å². The van der Waals surface area contributed by atoms with Crippen LogP contribution in [-0.2, 0) is 11.2 Å². The van der Waals surface area contributed by atoms with Gasteiger partial charge in [0.2, 0.25) is 5.91 Å². The second-order valence-electron chi connectivity index (χ2n) is 6.75. The van der Waals surface area contributed by atoms with Crippen LogP contribution in [0.1, 0.15) is 47.4 Å². The van der Waals surface area contributed by atoms with Gasteiger partial charge in [-0.1, -0.05) is 15.5 Å².